The molecule has 3 heteroatoms. The number of hydrogen-bond acceptors (Lipinski definition) is 3. The molecule has 0 aromatic heterocycles. The lowest BCUT2D eigenvalue weighted by Gasteiger charge is -2.05. The van der Waals surface area contributed by atoms with Gasteiger partial charge in [-0.05, 0) is 30.7 Å². The molecule has 0 aliphatic carbocycles. The maximum Gasteiger partial charge on any atom is 0.311 e. The molecule has 158 valence electrons. The maximum absolute atomic E-state index is 11.8. The highest BCUT2D eigenvalue weighted by atomic mass is 16.5. The van der Waals surface area contributed by atoms with Gasteiger partial charge in [-0.15, -0.1) is 0 Å². The van der Waals surface area contributed by atoms with Crippen LogP contribution >= 0.6 is 0 Å². The summed E-state index contributed by atoms with van der Waals surface area (Å²) < 4.78 is 5.28. The summed E-state index contributed by atoms with van der Waals surface area (Å²) in [5.41, 5.74) is 0.585. The lowest BCUT2D eigenvalue weighted by atomic mass is 10.0. The highest BCUT2D eigenvalue weighted by Crippen LogP contribution is 2.15. The Morgan fingerprint density at radius 1 is 0.714 bits per heavy atom. The van der Waals surface area contributed by atoms with E-state index in [1.54, 1.807) is 24.3 Å². The average Bonchev–Trinajstić information content (AvgIpc) is 2.71. The van der Waals surface area contributed by atoms with Gasteiger partial charge in [-0.2, -0.15) is 0 Å². The molecule has 0 saturated heterocycles. The van der Waals surface area contributed by atoms with Crippen LogP contribution in [0.3, 0.4) is 0 Å². The van der Waals surface area contributed by atoms with Crippen molar-refractivity contribution in [1.29, 1.82) is 0 Å². The van der Waals surface area contributed by atoms with Crippen LogP contribution in [0.25, 0.3) is 0 Å². The van der Waals surface area contributed by atoms with E-state index in [-0.39, 0.29) is 5.97 Å². The first kappa shape index (κ1) is 24.4. The van der Waals surface area contributed by atoms with Crippen LogP contribution < -0.4 is 4.74 Å². The van der Waals surface area contributed by atoms with Crippen LogP contribution in [0.2, 0.25) is 0 Å². The Labute approximate surface area is 172 Å². The van der Waals surface area contributed by atoms with Gasteiger partial charge < -0.3 is 4.74 Å². The van der Waals surface area contributed by atoms with Crippen LogP contribution in [0.15, 0.2) is 24.3 Å². The van der Waals surface area contributed by atoms with Gasteiger partial charge >= 0.3 is 5.97 Å². The Balaban J connectivity index is 1.84. The quantitative estimate of drug-likeness (QED) is 0.112. The van der Waals surface area contributed by atoms with Gasteiger partial charge in [0.25, 0.3) is 0 Å². The van der Waals surface area contributed by atoms with Crippen LogP contribution in [0.4, 0.5) is 0 Å². The van der Waals surface area contributed by atoms with Crippen molar-refractivity contribution in [3.63, 3.8) is 0 Å². The minimum atomic E-state index is -0.187. The standard InChI is InChI=1S/C25H40O3/c1-2-3-4-5-6-7-8-9-10-11-12-13-14-15-16-17-25(27)28-24-20-18-23(22-26)19-21-24/h18-22H,2-17H2,1H3. The fourth-order valence-electron chi connectivity index (χ4n) is 3.44. The van der Waals surface area contributed by atoms with E-state index in [0.717, 1.165) is 19.1 Å². The number of ether oxygens (including phenoxy) is 1. The molecule has 1 rings (SSSR count). The first-order valence-electron chi connectivity index (χ1n) is 11.5. The van der Waals surface area contributed by atoms with Gasteiger partial charge in [0.05, 0.1) is 0 Å². The molecule has 1 aromatic carbocycles. The third-order valence-corrected chi connectivity index (χ3v) is 5.23. The van der Waals surface area contributed by atoms with Crippen molar-refractivity contribution in [3.05, 3.63) is 29.8 Å². The van der Waals surface area contributed by atoms with Crippen molar-refractivity contribution in [1.82, 2.24) is 0 Å². The normalized spacial score (nSPS) is 10.8. The van der Waals surface area contributed by atoms with Gasteiger partial charge in [-0.3, -0.25) is 9.59 Å². The van der Waals surface area contributed by atoms with Gasteiger partial charge in [0, 0.05) is 12.0 Å². The van der Waals surface area contributed by atoms with E-state index in [9.17, 15) is 9.59 Å². The van der Waals surface area contributed by atoms with Crippen LogP contribution in [0, 0.1) is 0 Å². The zero-order valence-corrected chi connectivity index (χ0v) is 17.9. The van der Waals surface area contributed by atoms with Crippen LogP contribution in [-0.2, 0) is 4.79 Å². The van der Waals surface area contributed by atoms with Crippen molar-refractivity contribution < 1.29 is 14.3 Å². The number of carbonyl (C=O) groups is 2. The number of carbonyl (C=O) groups excluding carboxylic acids is 2. The number of unbranched alkanes of at least 4 members (excludes halogenated alkanes) is 14. The minimum absolute atomic E-state index is 0.187. The predicted molar refractivity (Wildman–Crippen MR) is 117 cm³/mol. The third kappa shape index (κ3) is 13.5. The van der Waals surface area contributed by atoms with Crippen LogP contribution in [-0.4, -0.2) is 12.3 Å². The van der Waals surface area contributed by atoms with E-state index in [1.165, 1.54) is 83.5 Å². The van der Waals surface area contributed by atoms with Gasteiger partial charge in [0.1, 0.15) is 12.0 Å². The Morgan fingerprint density at radius 2 is 1.14 bits per heavy atom. The molecule has 0 heterocycles. The molecule has 0 amide bonds. The van der Waals surface area contributed by atoms with Crippen LogP contribution in [0.5, 0.6) is 5.75 Å². The number of hydrogen-bond donors (Lipinski definition) is 0. The molecule has 3 nitrogen and oxygen atoms in total. The highest BCUT2D eigenvalue weighted by Gasteiger charge is 2.04. The molecule has 0 unspecified atom stereocenters. The number of esters is 1. The lowest BCUT2D eigenvalue weighted by Crippen LogP contribution is -2.07. The van der Waals surface area contributed by atoms with Crippen molar-refractivity contribution in [2.24, 2.45) is 0 Å². The molecule has 0 aliphatic heterocycles. The summed E-state index contributed by atoms with van der Waals surface area (Å²) in [4.78, 5) is 22.4. The Morgan fingerprint density at radius 3 is 1.57 bits per heavy atom. The summed E-state index contributed by atoms with van der Waals surface area (Å²) >= 11 is 0. The van der Waals surface area contributed by atoms with Gasteiger partial charge in [-0.25, -0.2) is 0 Å². The summed E-state index contributed by atoms with van der Waals surface area (Å²) in [6.45, 7) is 2.27. The fourth-order valence-corrected chi connectivity index (χ4v) is 3.44. The minimum Gasteiger partial charge on any atom is -0.427 e. The van der Waals surface area contributed by atoms with Crippen molar-refractivity contribution in [3.8, 4) is 5.75 Å². The Kier molecular flexibility index (Phi) is 15.2. The van der Waals surface area contributed by atoms with Gasteiger partial charge in [0.15, 0.2) is 0 Å². The number of aldehydes is 1. The number of rotatable bonds is 18. The van der Waals surface area contributed by atoms with Crippen LogP contribution in [0.1, 0.15) is 120 Å². The first-order chi connectivity index (χ1) is 13.8. The predicted octanol–water partition coefficient (Wildman–Crippen LogP) is 7.67. The van der Waals surface area contributed by atoms with E-state index in [2.05, 4.69) is 6.92 Å². The summed E-state index contributed by atoms with van der Waals surface area (Å²) in [6, 6.07) is 6.63. The second-order valence-electron chi connectivity index (χ2n) is 7.86. The first-order valence-corrected chi connectivity index (χ1v) is 11.5. The molecule has 0 saturated carbocycles. The second kappa shape index (κ2) is 17.5. The molecule has 0 N–H and O–H groups in total. The summed E-state index contributed by atoms with van der Waals surface area (Å²) in [6.07, 6.45) is 21.0. The smallest absolute Gasteiger partial charge is 0.311 e. The zero-order chi connectivity index (χ0) is 20.3. The molecule has 1 aromatic rings. The highest BCUT2D eigenvalue weighted by molar-refractivity contribution is 5.76. The van der Waals surface area contributed by atoms with E-state index >= 15 is 0 Å². The molecule has 0 bridgehead atoms. The van der Waals surface area contributed by atoms with E-state index in [1.807, 2.05) is 0 Å². The zero-order valence-electron chi connectivity index (χ0n) is 17.9. The Hall–Kier alpha value is -1.64. The Bertz CT molecular complexity index is 507. The van der Waals surface area contributed by atoms with Crippen molar-refractivity contribution in [2.45, 2.75) is 110 Å². The lowest BCUT2D eigenvalue weighted by molar-refractivity contribution is -0.134. The maximum atomic E-state index is 11.8. The van der Waals surface area contributed by atoms with Gasteiger partial charge in [0.2, 0.25) is 0 Å². The molecule has 0 aliphatic rings. The second-order valence-corrected chi connectivity index (χ2v) is 7.86. The fraction of sp³-hybridized carbons (Fsp3) is 0.680. The molecule has 28 heavy (non-hydrogen) atoms. The molecule has 0 radical (unpaired) electrons. The third-order valence-electron chi connectivity index (χ3n) is 5.23. The molecule has 0 atom stereocenters. The van der Waals surface area contributed by atoms with E-state index in [0.29, 0.717) is 17.7 Å². The van der Waals surface area contributed by atoms with E-state index in [4.69, 9.17) is 4.74 Å². The largest absolute Gasteiger partial charge is 0.427 e. The average molecular weight is 389 g/mol. The van der Waals surface area contributed by atoms with Crippen molar-refractivity contribution >= 4 is 12.3 Å². The molecular weight excluding hydrogens is 348 g/mol. The van der Waals surface area contributed by atoms with Gasteiger partial charge in [-0.1, -0.05) is 96.8 Å². The van der Waals surface area contributed by atoms with E-state index < -0.39 is 0 Å². The SMILES string of the molecule is CCCCCCCCCCCCCCCCCC(=O)Oc1ccc(C=O)cc1. The molecule has 0 fully saturated rings. The summed E-state index contributed by atoms with van der Waals surface area (Å²) in [7, 11) is 0. The molecular formula is C25H40O3. The monoisotopic (exact) mass is 388 g/mol. The number of benzene rings is 1. The summed E-state index contributed by atoms with van der Waals surface area (Å²) in [5.74, 6) is 0.324. The topological polar surface area (TPSA) is 43.4 Å². The van der Waals surface area contributed by atoms with Crippen molar-refractivity contribution in [2.75, 3.05) is 0 Å². The summed E-state index contributed by atoms with van der Waals surface area (Å²) in [5, 5.41) is 0. The molecule has 0 spiro atoms.